The molecule has 8 nitrogen and oxygen atoms in total. The summed E-state index contributed by atoms with van der Waals surface area (Å²) in [5.74, 6) is -1.28. The van der Waals surface area contributed by atoms with Crippen LogP contribution in [0, 0.1) is 10.1 Å². The van der Waals surface area contributed by atoms with Crippen molar-refractivity contribution in [2.45, 2.75) is 0 Å². The van der Waals surface area contributed by atoms with Gasteiger partial charge in [0.25, 0.3) is 11.6 Å². The first-order valence-corrected chi connectivity index (χ1v) is 7.89. The van der Waals surface area contributed by atoms with E-state index in [1.54, 1.807) is 0 Å². The van der Waals surface area contributed by atoms with Crippen molar-refractivity contribution in [1.82, 2.24) is 4.90 Å². The summed E-state index contributed by atoms with van der Waals surface area (Å²) in [5, 5.41) is 22.8. The van der Waals surface area contributed by atoms with E-state index in [9.17, 15) is 20.0 Å². The van der Waals surface area contributed by atoms with Crippen molar-refractivity contribution in [3.8, 4) is 11.5 Å². The minimum absolute atomic E-state index is 0.162. The van der Waals surface area contributed by atoms with Crippen LogP contribution in [0.2, 0.25) is 0 Å². The molecule has 1 aliphatic heterocycles. The highest BCUT2D eigenvalue weighted by Gasteiger charge is 2.31. The van der Waals surface area contributed by atoms with Crippen LogP contribution in [0.3, 0.4) is 0 Å². The second kappa shape index (κ2) is 7.60. The number of benzene rings is 1. The fourth-order valence-corrected chi connectivity index (χ4v) is 3.31. The quantitative estimate of drug-likeness (QED) is 0.322. The minimum Gasteiger partial charge on any atom is -0.865 e. The maximum absolute atomic E-state index is 12.3. The van der Waals surface area contributed by atoms with Crippen LogP contribution in [0.4, 0.5) is 5.69 Å². The van der Waals surface area contributed by atoms with Crippen LogP contribution in [0.15, 0.2) is 17.0 Å². The van der Waals surface area contributed by atoms with E-state index >= 15 is 0 Å². The van der Waals surface area contributed by atoms with E-state index in [1.165, 1.54) is 31.3 Å². The zero-order chi connectivity index (χ0) is 17.9. The molecule has 0 aromatic heterocycles. The molecule has 1 saturated heterocycles. The highest BCUT2D eigenvalue weighted by Crippen LogP contribution is 2.37. The van der Waals surface area contributed by atoms with E-state index in [4.69, 9.17) is 21.7 Å². The van der Waals surface area contributed by atoms with E-state index < -0.39 is 16.4 Å². The molecule has 0 spiro atoms. The molecule has 0 bridgehead atoms. The van der Waals surface area contributed by atoms with Crippen LogP contribution in [0.5, 0.6) is 11.5 Å². The molecule has 1 heterocycles. The van der Waals surface area contributed by atoms with E-state index in [0.29, 0.717) is 27.9 Å². The third kappa shape index (κ3) is 3.66. The van der Waals surface area contributed by atoms with Gasteiger partial charge in [-0.1, -0.05) is 24.0 Å². The van der Waals surface area contributed by atoms with Crippen molar-refractivity contribution in [3.63, 3.8) is 0 Å². The fourth-order valence-electron chi connectivity index (χ4n) is 2.01. The lowest BCUT2D eigenvalue weighted by atomic mass is 10.1. The predicted octanol–water partition coefficient (Wildman–Crippen LogP) is 1.52. The van der Waals surface area contributed by atoms with Crippen molar-refractivity contribution in [2.24, 2.45) is 0 Å². The van der Waals surface area contributed by atoms with Gasteiger partial charge in [0.1, 0.15) is 10.1 Å². The second-order valence-electron chi connectivity index (χ2n) is 4.65. The van der Waals surface area contributed by atoms with Crippen molar-refractivity contribution < 1.29 is 24.3 Å². The number of hydrogen-bond donors (Lipinski definition) is 0. The zero-order valence-corrected chi connectivity index (χ0v) is 14.4. The number of thioether (sulfide) groups is 1. The van der Waals surface area contributed by atoms with Crippen LogP contribution in [0.25, 0.3) is 6.08 Å². The molecule has 0 N–H and O–H groups in total. The van der Waals surface area contributed by atoms with E-state index in [-0.39, 0.29) is 11.7 Å². The lowest BCUT2D eigenvalue weighted by Crippen LogP contribution is -2.31. The summed E-state index contributed by atoms with van der Waals surface area (Å²) in [7, 11) is 2.76. The fraction of sp³-hybridized carbons (Fsp3) is 0.286. The summed E-state index contributed by atoms with van der Waals surface area (Å²) in [6.45, 7) is 0.658. The van der Waals surface area contributed by atoms with Gasteiger partial charge in [-0.25, -0.2) is 0 Å². The molecule has 1 aliphatic rings. The molecule has 2 rings (SSSR count). The van der Waals surface area contributed by atoms with Gasteiger partial charge in [-0.2, -0.15) is 0 Å². The molecule has 0 aliphatic carbocycles. The molecule has 24 heavy (non-hydrogen) atoms. The Morgan fingerprint density at radius 1 is 1.42 bits per heavy atom. The lowest BCUT2D eigenvalue weighted by Gasteiger charge is -2.14. The molecule has 10 heteroatoms. The maximum Gasteiger partial charge on any atom is 0.266 e. The topological polar surface area (TPSA) is 105 Å². The van der Waals surface area contributed by atoms with Crippen molar-refractivity contribution in [2.75, 3.05) is 27.4 Å². The average Bonchev–Trinajstić information content (AvgIpc) is 2.80. The summed E-state index contributed by atoms with van der Waals surface area (Å²) in [6.07, 6.45) is 1.45. The molecule has 0 saturated carbocycles. The molecule has 0 radical (unpaired) electrons. The smallest absolute Gasteiger partial charge is 0.266 e. The van der Waals surface area contributed by atoms with Gasteiger partial charge in [0.2, 0.25) is 0 Å². The van der Waals surface area contributed by atoms with E-state index in [1.807, 2.05) is 0 Å². The second-order valence-corrected chi connectivity index (χ2v) is 6.33. The lowest BCUT2D eigenvalue weighted by molar-refractivity contribution is -0.398. The molecule has 128 valence electrons. The first-order valence-electron chi connectivity index (χ1n) is 6.66. The van der Waals surface area contributed by atoms with Gasteiger partial charge in [0, 0.05) is 18.9 Å². The first-order chi connectivity index (χ1) is 11.4. The number of hydrogen-bond acceptors (Lipinski definition) is 8. The average molecular weight is 369 g/mol. The Hall–Kier alpha value is -2.17. The normalized spacial score (nSPS) is 16.1. The highest BCUT2D eigenvalue weighted by atomic mass is 32.2. The Morgan fingerprint density at radius 2 is 2.12 bits per heavy atom. The molecular formula is C14H13N2O6S2-. The van der Waals surface area contributed by atoms with Crippen LogP contribution in [-0.2, 0) is 9.53 Å². The molecule has 0 unspecified atom stereocenters. The predicted molar refractivity (Wildman–Crippen MR) is 90.8 cm³/mol. The molecule has 1 amide bonds. The Bertz CT molecular complexity index is 734. The minimum atomic E-state index is -0.813. The Balaban J connectivity index is 2.38. The number of amides is 1. The van der Waals surface area contributed by atoms with E-state index in [2.05, 4.69) is 0 Å². The van der Waals surface area contributed by atoms with E-state index in [0.717, 1.165) is 17.8 Å². The van der Waals surface area contributed by atoms with Crippen LogP contribution < -0.4 is 9.84 Å². The summed E-state index contributed by atoms with van der Waals surface area (Å²) in [6, 6.07) is 2.45. The largest absolute Gasteiger partial charge is 0.865 e. The number of ether oxygens (including phenoxy) is 2. The number of carbonyl (C=O) groups is 1. The number of methoxy groups -OCH3 is 2. The van der Waals surface area contributed by atoms with Crippen LogP contribution >= 0.6 is 24.0 Å². The first kappa shape index (κ1) is 18.2. The monoisotopic (exact) mass is 369 g/mol. The van der Waals surface area contributed by atoms with Crippen molar-refractivity contribution in [3.05, 3.63) is 32.7 Å². The highest BCUT2D eigenvalue weighted by molar-refractivity contribution is 8.26. The van der Waals surface area contributed by atoms with Gasteiger partial charge < -0.3 is 14.6 Å². The number of carbonyl (C=O) groups excluding carboxylic acids is 1. The Kier molecular flexibility index (Phi) is 5.75. The zero-order valence-electron chi connectivity index (χ0n) is 12.8. The van der Waals surface area contributed by atoms with Crippen LogP contribution in [-0.4, -0.2) is 47.4 Å². The summed E-state index contributed by atoms with van der Waals surface area (Å²) >= 11 is 6.23. The SMILES string of the molecule is COCCN1C(=O)/C(=C/c2cc(OC)c([O-])c([N+](=O)[O-])c2)SC1=S. The number of thiocarbonyl (C=S) groups is 1. The third-order valence-electron chi connectivity index (χ3n) is 3.16. The standard InChI is InChI=1S/C14H14N2O6S2/c1-21-4-3-15-13(18)11(24-14(15)23)7-8-5-9(16(19)20)12(17)10(6-8)22-2/h5-7,17H,3-4H2,1-2H3/p-1/b11-7-. The van der Waals surface area contributed by atoms with Gasteiger partial charge in [-0.3, -0.25) is 19.8 Å². The van der Waals surface area contributed by atoms with Gasteiger partial charge in [-0.15, -0.1) is 0 Å². The molecule has 1 aromatic rings. The van der Waals surface area contributed by atoms with Gasteiger partial charge in [0.15, 0.2) is 0 Å². The van der Waals surface area contributed by atoms with Gasteiger partial charge in [-0.05, 0) is 17.7 Å². The number of nitro groups is 1. The van der Waals surface area contributed by atoms with Crippen molar-refractivity contribution in [1.29, 1.82) is 0 Å². The Morgan fingerprint density at radius 3 is 2.71 bits per heavy atom. The number of nitro benzene ring substituents is 1. The van der Waals surface area contributed by atoms with Gasteiger partial charge >= 0.3 is 0 Å². The maximum atomic E-state index is 12.3. The summed E-state index contributed by atoms with van der Waals surface area (Å²) in [5.41, 5.74) is -0.305. The Labute approximate surface area is 147 Å². The number of nitrogens with zero attached hydrogens (tertiary/aromatic N) is 2. The summed E-state index contributed by atoms with van der Waals surface area (Å²) < 4.78 is 10.2. The number of rotatable bonds is 6. The molecular weight excluding hydrogens is 356 g/mol. The molecule has 1 fully saturated rings. The van der Waals surface area contributed by atoms with Crippen LogP contribution in [0.1, 0.15) is 5.56 Å². The van der Waals surface area contributed by atoms with Crippen molar-refractivity contribution >= 4 is 46.0 Å². The van der Waals surface area contributed by atoms with Gasteiger partial charge in [0.05, 0.1) is 30.1 Å². The third-order valence-corrected chi connectivity index (χ3v) is 4.54. The molecule has 1 aromatic carbocycles. The molecule has 0 atom stereocenters. The summed E-state index contributed by atoms with van der Waals surface area (Å²) in [4.78, 5) is 24.2.